The summed E-state index contributed by atoms with van der Waals surface area (Å²) in [6.45, 7) is 2.03. The van der Waals surface area contributed by atoms with Gasteiger partial charge in [-0.2, -0.15) is 9.97 Å². The number of nitrogens with two attached hydrogens (primary N) is 1. The first kappa shape index (κ1) is 9.22. The van der Waals surface area contributed by atoms with Crippen LogP contribution < -0.4 is 10.7 Å². The van der Waals surface area contributed by atoms with Gasteiger partial charge >= 0.3 is 0 Å². The number of nitrogen functional groups attached to an aromatic ring is 1. The third-order valence-electron chi connectivity index (χ3n) is 2.19. The summed E-state index contributed by atoms with van der Waals surface area (Å²) in [7, 11) is 0. The minimum atomic E-state index is 0.231. The molecule has 3 rings (SSSR count). The van der Waals surface area contributed by atoms with Crippen LogP contribution in [0.3, 0.4) is 0 Å². The van der Waals surface area contributed by atoms with E-state index in [1.165, 1.54) is 4.88 Å². The number of thiazole rings is 1. The summed E-state index contributed by atoms with van der Waals surface area (Å²) in [5.41, 5.74) is 7.79. The van der Waals surface area contributed by atoms with E-state index in [4.69, 9.17) is 5.73 Å². The number of hydrogen-bond acceptors (Lipinski definition) is 5. The molecule has 0 aliphatic carbocycles. The number of H-pyrrole nitrogens is 2. The van der Waals surface area contributed by atoms with Crippen molar-refractivity contribution in [3.8, 4) is 10.7 Å². The van der Waals surface area contributed by atoms with E-state index in [0.717, 1.165) is 16.2 Å². The molecule has 0 aromatic carbocycles. The number of imidazole rings is 1. The second-order valence-electron chi connectivity index (χ2n) is 3.36. The highest BCUT2D eigenvalue weighted by molar-refractivity contribution is 7.14. The molecule has 3 aromatic rings. The van der Waals surface area contributed by atoms with Crippen molar-refractivity contribution in [2.45, 2.75) is 6.92 Å². The number of nitrogens with zero attached hydrogens (tertiary/aromatic N) is 3. The average molecular weight is 233 g/mol. The lowest BCUT2D eigenvalue weighted by Crippen LogP contribution is -2.03. The SMILES string of the molecule is Cc1c[nH+]c(-c2nc(N)nc3nc[nH]c23)s1. The van der Waals surface area contributed by atoms with Gasteiger partial charge in [-0.1, -0.05) is 11.3 Å². The molecule has 0 aliphatic rings. The van der Waals surface area contributed by atoms with E-state index in [0.29, 0.717) is 5.65 Å². The largest absolute Gasteiger partial charge is 0.368 e. The lowest BCUT2D eigenvalue weighted by molar-refractivity contribution is -0.358. The number of fused-ring (bicyclic) bond motifs is 1. The molecule has 0 amide bonds. The summed E-state index contributed by atoms with van der Waals surface area (Å²) in [5, 5.41) is 0.945. The Kier molecular flexibility index (Phi) is 1.87. The van der Waals surface area contributed by atoms with Crippen LogP contribution in [0.5, 0.6) is 0 Å². The minimum Gasteiger partial charge on any atom is -0.368 e. The van der Waals surface area contributed by atoms with Crippen LogP contribution in [-0.4, -0.2) is 19.9 Å². The molecule has 0 saturated heterocycles. The Labute approximate surface area is 94.6 Å². The summed E-state index contributed by atoms with van der Waals surface area (Å²) < 4.78 is 0. The van der Waals surface area contributed by atoms with Crippen LogP contribution in [-0.2, 0) is 0 Å². The molecule has 0 aliphatic heterocycles. The maximum Gasteiger partial charge on any atom is 0.288 e. The molecule has 0 unspecified atom stereocenters. The van der Waals surface area contributed by atoms with Gasteiger partial charge in [0.25, 0.3) is 5.01 Å². The van der Waals surface area contributed by atoms with Crippen molar-refractivity contribution >= 4 is 28.4 Å². The first-order valence-electron chi connectivity index (χ1n) is 4.69. The molecule has 3 heterocycles. The van der Waals surface area contributed by atoms with Gasteiger partial charge in [0.2, 0.25) is 5.95 Å². The Hall–Kier alpha value is -2.02. The molecule has 0 fully saturated rings. The van der Waals surface area contributed by atoms with E-state index in [2.05, 4.69) is 24.9 Å². The van der Waals surface area contributed by atoms with Crippen molar-refractivity contribution in [3.63, 3.8) is 0 Å². The molecule has 7 heteroatoms. The zero-order valence-corrected chi connectivity index (χ0v) is 9.30. The zero-order valence-electron chi connectivity index (χ0n) is 8.48. The topological polar surface area (TPSA) is 94.6 Å². The van der Waals surface area contributed by atoms with Gasteiger partial charge in [0.05, 0.1) is 11.2 Å². The third kappa shape index (κ3) is 1.33. The van der Waals surface area contributed by atoms with Gasteiger partial charge in [0, 0.05) is 0 Å². The van der Waals surface area contributed by atoms with E-state index in [1.807, 2.05) is 13.1 Å². The lowest BCUT2D eigenvalue weighted by atomic mass is 10.4. The van der Waals surface area contributed by atoms with E-state index < -0.39 is 0 Å². The maximum absolute atomic E-state index is 5.64. The lowest BCUT2D eigenvalue weighted by Gasteiger charge is -1.95. The summed E-state index contributed by atoms with van der Waals surface area (Å²) in [5.74, 6) is 0.231. The van der Waals surface area contributed by atoms with Gasteiger partial charge < -0.3 is 10.7 Å². The predicted molar refractivity (Wildman–Crippen MR) is 60.7 cm³/mol. The Morgan fingerprint density at radius 1 is 1.44 bits per heavy atom. The van der Waals surface area contributed by atoms with Crippen LogP contribution in [0.4, 0.5) is 5.95 Å². The molecule has 3 aromatic heterocycles. The molecule has 80 valence electrons. The smallest absolute Gasteiger partial charge is 0.288 e. The molecular formula is C9H9N6S+. The number of aryl methyl sites for hydroxylation is 1. The zero-order chi connectivity index (χ0) is 11.1. The van der Waals surface area contributed by atoms with Crippen LogP contribution in [0, 0.1) is 6.92 Å². The Bertz CT molecular complexity index is 655. The third-order valence-corrected chi connectivity index (χ3v) is 3.14. The quantitative estimate of drug-likeness (QED) is 0.649. The van der Waals surface area contributed by atoms with Crippen molar-refractivity contribution in [2.75, 3.05) is 5.73 Å². The molecular weight excluding hydrogens is 224 g/mol. The molecule has 0 atom stereocenters. The highest BCUT2D eigenvalue weighted by Gasteiger charge is 2.17. The molecule has 0 radical (unpaired) electrons. The van der Waals surface area contributed by atoms with E-state index in [9.17, 15) is 0 Å². The maximum atomic E-state index is 5.64. The van der Waals surface area contributed by atoms with Crippen LogP contribution >= 0.6 is 11.3 Å². The van der Waals surface area contributed by atoms with E-state index in [1.54, 1.807) is 17.7 Å². The number of aromatic nitrogens is 5. The summed E-state index contributed by atoms with van der Waals surface area (Å²) >= 11 is 1.62. The first-order chi connectivity index (χ1) is 7.74. The Morgan fingerprint density at radius 2 is 2.31 bits per heavy atom. The van der Waals surface area contributed by atoms with Crippen LogP contribution in [0.15, 0.2) is 12.5 Å². The van der Waals surface area contributed by atoms with Gasteiger partial charge in [-0.15, -0.1) is 0 Å². The Morgan fingerprint density at radius 3 is 3.06 bits per heavy atom. The number of rotatable bonds is 1. The van der Waals surface area contributed by atoms with Crippen molar-refractivity contribution in [2.24, 2.45) is 0 Å². The second-order valence-corrected chi connectivity index (χ2v) is 4.62. The van der Waals surface area contributed by atoms with Crippen LogP contribution in [0.2, 0.25) is 0 Å². The fraction of sp³-hybridized carbons (Fsp3) is 0.111. The molecule has 16 heavy (non-hydrogen) atoms. The molecule has 0 bridgehead atoms. The first-order valence-corrected chi connectivity index (χ1v) is 5.51. The average Bonchev–Trinajstić information content (AvgIpc) is 2.84. The fourth-order valence-electron chi connectivity index (χ4n) is 1.52. The van der Waals surface area contributed by atoms with Gasteiger partial charge in [0.15, 0.2) is 17.5 Å². The van der Waals surface area contributed by atoms with Crippen molar-refractivity contribution < 1.29 is 4.98 Å². The summed E-state index contributed by atoms with van der Waals surface area (Å²) in [6, 6.07) is 0. The van der Waals surface area contributed by atoms with Gasteiger partial charge in [-0.3, -0.25) is 0 Å². The molecule has 6 nitrogen and oxygen atoms in total. The normalized spacial score (nSPS) is 11.1. The molecule has 0 spiro atoms. The summed E-state index contributed by atoms with van der Waals surface area (Å²) in [4.78, 5) is 19.7. The monoisotopic (exact) mass is 233 g/mol. The highest BCUT2D eigenvalue weighted by atomic mass is 32.1. The summed E-state index contributed by atoms with van der Waals surface area (Å²) in [6.07, 6.45) is 3.52. The van der Waals surface area contributed by atoms with E-state index in [-0.39, 0.29) is 5.95 Å². The van der Waals surface area contributed by atoms with Crippen molar-refractivity contribution in [1.29, 1.82) is 0 Å². The minimum absolute atomic E-state index is 0.231. The van der Waals surface area contributed by atoms with Crippen molar-refractivity contribution in [1.82, 2.24) is 19.9 Å². The predicted octanol–water partition coefficient (Wildman–Crippen LogP) is 0.786. The van der Waals surface area contributed by atoms with Gasteiger partial charge in [-0.25, -0.2) is 9.97 Å². The highest BCUT2D eigenvalue weighted by Crippen LogP contribution is 2.25. The number of hydrogen-bond donors (Lipinski definition) is 2. The van der Waals surface area contributed by atoms with Crippen LogP contribution in [0.25, 0.3) is 21.9 Å². The fourth-order valence-corrected chi connectivity index (χ4v) is 2.32. The standard InChI is InChI=1S/C9H8N6S/c1-4-2-11-8(16-4)6-5-7(13-3-12-5)15-9(10)14-6/h2-3H,1H3,(H3,10,12,13,14,15)/p+1. The number of anilines is 1. The number of nitrogens with one attached hydrogen (secondary N) is 2. The number of aromatic amines is 2. The molecule has 0 saturated carbocycles. The van der Waals surface area contributed by atoms with Gasteiger partial charge in [-0.05, 0) is 6.92 Å². The second kappa shape index (κ2) is 3.24. The van der Waals surface area contributed by atoms with Crippen LogP contribution in [0.1, 0.15) is 4.88 Å². The molecule has 4 N–H and O–H groups in total. The van der Waals surface area contributed by atoms with Crippen molar-refractivity contribution in [3.05, 3.63) is 17.4 Å². The van der Waals surface area contributed by atoms with Gasteiger partial charge in [0.1, 0.15) is 5.52 Å². The van der Waals surface area contributed by atoms with E-state index >= 15 is 0 Å². The Balaban J connectivity index is 2.33.